The van der Waals surface area contributed by atoms with Crippen molar-refractivity contribution < 1.29 is 19.1 Å². The van der Waals surface area contributed by atoms with Gasteiger partial charge in [0.05, 0.1) is 24.0 Å². The van der Waals surface area contributed by atoms with E-state index in [1.807, 2.05) is 13.8 Å². The molecular formula is C27H46O4. The van der Waals surface area contributed by atoms with Gasteiger partial charge in [0.1, 0.15) is 0 Å². The summed E-state index contributed by atoms with van der Waals surface area (Å²) in [5.74, 6) is 0.256. The molecule has 2 aliphatic rings. The summed E-state index contributed by atoms with van der Waals surface area (Å²) in [4.78, 5) is 28.1. The Kier molecular flexibility index (Phi) is 8.09. The molecule has 0 aliphatic heterocycles. The zero-order valence-corrected chi connectivity index (χ0v) is 21.6. The maximum Gasteiger partial charge on any atom is 0.314 e. The molecule has 4 atom stereocenters. The first-order chi connectivity index (χ1) is 14.5. The van der Waals surface area contributed by atoms with Crippen molar-refractivity contribution in [1.29, 1.82) is 0 Å². The Labute approximate surface area is 190 Å². The van der Waals surface area contributed by atoms with Crippen molar-refractivity contribution in [2.75, 3.05) is 13.2 Å². The summed E-state index contributed by atoms with van der Waals surface area (Å²) in [7, 11) is 0. The van der Waals surface area contributed by atoms with Gasteiger partial charge in [-0.15, -0.1) is 0 Å². The smallest absolute Gasteiger partial charge is 0.314 e. The standard InChI is InChI=1S/C27H46O4/c1-11-13-30-24(28)26(18(7)8)20-15-21(23(17(5)6)22(20)16(3)4)27(26,19(9)10)25(29)31-14-12-2/h16-21H,11-15H2,1-10H3. The minimum absolute atomic E-state index is 0.0239. The lowest BCUT2D eigenvalue weighted by Crippen LogP contribution is -2.63. The van der Waals surface area contributed by atoms with Gasteiger partial charge < -0.3 is 9.47 Å². The monoisotopic (exact) mass is 434 g/mol. The molecule has 4 nitrogen and oxygen atoms in total. The van der Waals surface area contributed by atoms with Crippen LogP contribution in [0.3, 0.4) is 0 Å². The number of carbonyl (C=O) groups excluding carboxylic acids is 2. The molecule has 0 heterocycles. The molecule has 0 aromatic rings. The summed E-state index contributed by atoms with van der Waals surface area (Å²) in [6.45, 7) is 22.1. The Morgan fingerprint density at radius 3 is 1.29 bits per heavy atom. The molecule has 2 bridgehead atoms. The molecule has 1 saturated carbocycles. The highest BCUT2D eigenvalue weighted by Gasteiger charge is 2.79. The van der Waals surface area contributed by atoms with Crippen LogP contribution in [0.25, 0.3) is 0 Å². The third-order valence-corrected chi connectivity index (χ3v) is 7.95. The van der Waals surface area contributed by atoms with Crippen LogP contribution < -0.4 is 0 Å². The van der Waals surface area contributed by atoms with Crippen LogP contribution in [0.1, 0.15) is 88.5 Å². The fraction of sp³-hybridized carbons (Fsp3) is 0.852. The van der Waals surface area contributed by atoms with E-state index >= 15 is 0 Å². The number of fused-ring (bicyclic) bond motifs is 2. The van der Waals surface area contributed by atoms with Crippen LogP contribution in [0, 0.1) is 46.3 Å². The van der Waals surface area contributed by atoms with Crippen LogP contribution >= 0.6 is 0 Å². The van der Waals surface area contributed by atoms with E-state index < -0.39 is 10.8 Å². The average molecular weight is 435 g/mol. The lowest BCUT2D eigenvalue weighted by atomic mass is 9.46. The molecule has 0 saturated heterocycles. The van der Waals surface area contributed by atoms with E-state index in [0.29, 0.717) is 25.0 Å². The third kappa shape index (κ3) is 3.56. The summed E-state index contributed by atoms with van der Waals surface area (Å²) in [5, 5.41) is 0. The summed E-state index contributed by atoms with van der Waals surface area (Å²) < 4.78 is 11.8. The number of esters is 2. The quantitative estimate of drug-likeness (QED) is 0.293. The molecule has 0 spiro atoms. The highest BCUT2D eigenvalue weighted by atomic mass is 16.5. The van der Waals surface area contributed by atoms with Gasteiger partial charge in [-0.25, -0.2) is 0 Å². The third-order valence-electron chi connectivity index (χ3n) is 7.95. The highest BCUT2D eigenvalue weighted by molar-refractivity contribution is 5.92. The predicted octanol–water partition coefficient (Wildman–Crippen LogP) is 6.44. The molecule has 4 heteroatoms. The number of hydrogen-bond acceptors (Lipinski definition) is 4. The van der Waals surface area contributed by atoms with Crippen molar-refractivity contribution in [1.82, 2.24) is 0 Å². The van der Waals surface area contributed by atoms with Crippen molar-refractivity contribution >= 4 is 11.9 Å². The second kappa shape index (κ2) is 9.67. The molecule has 0 amide bonds. The van der Waals surface area contributed by atoms with Gasteiger partial charge in [-0.3, -0.25) is 9.59 Å². The molecular weight excluding hydrogens is 388 g/mol. The number of carbonyl (C=O) groups is 2. The van der Waals surface area contributed by atoms with E-state index in [1.54, 1.807) is 0 Å². The Morgan fingerprint density at radius 1 is 0.742 bits per heavy atom. The first kappa shape index (κ1) is 25.9. The summed E-state index contributed by atoms with van der Waals surface area (Å²) in [5.41, 5.74) is 0.983. The van der Waals surface area contributed by atoms with Crippen LogP contribution in [-0.4, -0.2) is 25.2 Å². The van der Waals surface area contributed by atoms with Gasteiger partial charge in [0, 0.05) is 0 Å². The topological polar surface area (TPSA) is 52.6 Å². The van der Waals surface area contributed by atoms with Crippen molar-refractivity contribution in [2.24, 2.45) is 46.3 Å². The second-order valence-corrected chi connectivity index (χ2v) is 10.9. The molecule has 0 N–H and O–H groups in total. The van der Waals surface area contributed by atoms with Crippen molar-refractivity contribution in [3.05, 3.63) is 11.1 Å². The van der Waals surface area contributed by atoms with Gasteiger partial charge in [0.2, 0.25) is 0 Å². The van der Waals surface area contributed by atoms with Gasteiger partial charge in [0.15, 0.2) is 0 Å². The summed E-state index contributed by atoms with van der Waals surface area (Å²) in [6, 6.07) is 0. The highest BCUT2D eigenvalue weighted by Crippen LogP contribution is 2.75. The largest absolute Gasteiger partial charge is 0.465 e. The zero-order chi connectivity index (χ0) is 23.7. The van der Waals surface area contributed by atoms with E-state index in [0.717, 1.165) is 19.3 Å². The Balaban J connectivity index is 2.91. The molecule has 1 fully saturated rings. The number of allylic oxidation sites excluding steroid dienone is 2. The van der Waals surface area contributed by atoms with Gasteiger partial charge >= 0.3 is 11.9 Å². The summed E-state index contributed by atoms with van der Waals surface area (Å²) in [6.07, 6.45) is 2.39. The first-order valence-corrected chi connectivity index (χ1v) is 12.6. The predicted molar refractivity (Wildman–Crippen MR) is 125 cm³/mol. The minimum atomic E-state index is -0.899. The Morgan fingerprint density at radius 2 is 1.06 bits per heavy atom. The Hall–Kier alpha value is -1.32. The fourth-order valence-electron chi connectivity index (χ4n) is 7.28. The molecule has 0 aromatic heterocycles. The average Bonchev–Trinajstić information content (AvgIpc) is 3.23. The zero-order valence-electron chi connectivity index (χ0n) is 21.6. The van der Waals surface area contributed by atoms with Gasteiger partial charge in [-0.05, 0) is 54.8 Å². The molecule has 178 valence electrons. The number of rotatable bonds is 10. The minimum Gasteiger partial charge on any atom is -0.465 e. The SMILES string of the molecule is CCCOC(=O)C1(C(C)C)C2CC(C(C(C)C)=C2C(C)C)C1(C(=O)OCCC)C(C)C. The van der Waals surface area contributed by atoms with Crippen molar-refractivity contribution in [3.63, 3.8) is 0 Å². The Bertz CT molecular complexity index is 644. The molecule has 0 radical (unpaired) electrons. The fourth-order valence-corrected chi connectivity index (χ4v) is 7.28. The van der Waals surface area contributed by atoms with Gasteiger partial charge in [0.25, 0.3) is 0 Å². The van der Waals surface area contributed by atoms with Crippen LogP contribution in [-0.2, 0) is 19.1 Å². The van der Waals surface area contributed by atoms with E-state index in [-0.39, 0.29) is 35.6 Å². The van der Waals surface area contributed by atoms with Crippen LogP contribution in [0.4, 0.5) is 0 Å². The van der Waals surface area contributed by atoms with Gasteiger partial charge in [-0.2, -0.15) is 0 Å². The second-order valence-electron chi connectivity index (χ2n) is 10.9. The number of ether oxygens (including phenoxy) is 2. The molecule has 31 heavy (non-hydrogen) atoms. The molecule has 0 aromatic carbocycles. The maximum atomic E-state index is 14.0. The van der Waals surface area contributed by atoms with E-state index in [9.17, 15) is 9.59 Å². The first-order valence-electron chi connectivity index (χ1n) is 12.6. The van der Waals surface area contributed by atoms with E-state index in [2.05, 4.69) is 55.4 Å². The number of hydrogen-bond donors (Lipinski definition) is 0. The van der Waals surface area contributed by atoms with Crippen LogP contribution in [0.15, 0.2) is 11.1 Å². The van der Waals surface area contributed by atoms with Crippen molar-refractivity contribution in [2.45, 2.75) is 88.5 Å². The normalized spacial score (nSPS) is 30.3. The van der Waals surface area contributed by atoms with Gasteiger partial charge in [-0.1, -0.05) is 80.4 Å². The maximum absolute atomic E-state index is 14.0. The molecule has 2 rings (SSSR count). The lowest BCUT2D eigenvalue weighted by molar-refractivity contribution is -0.197. The lowest BCUT2D eigenvalue weighted by Gasteiger charge is -2.55. The van der Waals surface area contributed by atoms with Crippen LogP contribution in [0.5, 0.6) is 0 Å². The van der Waals surface area contributed by atoms with Crippen molar-refractivity contribution in [3.8, 4) is 0 Å². The van der Waals surface area contributed by atoms with E-state index in [1.165, 1.54) is 11.1 Å². The summed E-state index contributed by atoms with van der Waals surface area (Å²) >= 11 is 0. The molecule has 2 aliphatic carbocycles. The van der Waals surface area contributed by atoms with E-state index in [4.69, 9.17) is 9.47 Å². The molecule has 4 unspecified atom stereocenters. The van der Waals surface area contributed by atoms with Crippen LogP contribution in [0.2, 0.25) is 0 Å².